The van der Waals surface area contributed by atoms with E-state index in [9.17, 15) is 14.0 Å². The van der Waals surface area contributed by atoms with Crippen molar-refractivity contribution in [3.63, 3.8) is 0 Å². The number of piperidine rings is 1. The van der Waals surface area contributed by atoms with E-state index in [1.54, 1.807) is 10.7 Å². The zero-order valence-electron chi connectivity index (χ0n) is 16.8. The van der Waals surface area contributed by atoms with Gasteiger partial charge in [-0.05, 0) is 31.9 Å². The molecule has 160 valence electrons. The Bertz CT molecular complexity index is 1390. The molecule has 0 aliphatic carbocycles. The Morgan fingerprint density at radius 1 is 1.23 bits per heavy atom. The van der Waals surface area contributed by atoms with Crippen LogP contribution in [0.1, 0.15) is 28.5 Å². The van der Waals surface area contributed by atoms with E-state index in [-0.39, 0.29) is 18.6 Å². The number of aryl methyl sites for hydroxylation is 2. The number of amides is 1. The SMILES string of the molecule is Cc1cn2nc(-c3cc(=O)n4cc([C@@H]5CCN(C(=O)O)C[C@@H]5F)sc4n3)cc(C)c2n1. The normalized spacial score (nSPS) is 19.4. The molecule has 5 heterocycles. The van der Waals surface area contributed by atoms with Gasteiger partial charge in [0.2, 0.25) is 0 Å². The number of halogens is 1. The summed E-state index contributed by atoms with van der Waals surface area (Å²) in [4.78, 5) is 35.1. The second-order valence-corrected chi connectivity index (χ2v) is 8.81. The predicted molar refractivity (Wildman–Crippen MR) is 113 cm³/mol. The Morgan fingerprint density at radius 2 is 2.03 bits per heavy atom. The molecule has 0 aromatic carbocycles. The number of likely N-dealkylation sites (tertiary alicyclic amines) is 1. The maximum absolute atomic E-state index is 14.7. The molecule has 1 amide bonds. The van der Waals surface area contributed by atoms with Crippen molar-refractivity contribution in [1.82, 2.24) is 28.9 Å². The minimum absolute atomic E-state index is 0.171. The smallest absolute Gasteiger partial charge is 0.407 e. The van der Waals surface area contributed by atoms with Gasteiger partial charge in [-0.25, -0.2) is 23.7 Å². The van der Waals surface area contributed by atoms with Crippen LogP contribution in [0.25, 0.3) is 22.0 Å². The molecule has 11 heteroatoms. The average Bonchev–Trinajstić information content (AvgIpc) is 3.31. The predicted octanol–water partition coefficient (Wildman–Crippen LogP) is 2.89. The van der Waals surface area contributed by atoms with E-state index in [4.69, 9.17) is 5.11 Å². The van der Waals surface area contributed by atoms with Crippen LogP contribution in [0.3, 0.4) is 0 Å². The molecular formula is C20H19FN6O3S. The molecule has 1 saturated heterocycles. The van der Waals surface area contributed by atoms with Crippen LogP contribution in [-0.4, -0.2) is 59.3 Å². The Balaban J connectivity index is 1.54. The molecule has 0 spiro atoms. The summed E-state index contributed by atoms with van der Waals surface area (Å²) in [6.45, 7) is 3.90. The van der Waals surface area contributed by atoms with Gasteiger partial charge < -0.3 is 10.0 Å². The van der Waals surface area contributed by atoms with E-state index in [0.29, 0.717) is 27.6 Å². The van der Waals surface area contributed by atoms with E-state index < -0.39 is 18.2 Å². The highest BCUT2D eigenvalue weighted by Gasteiger charge is 2.34. The topological polar surface area (TPSA) is 105 Å². The third kappa shape index (κ3) is 3.34. The molecule has 1 fully saturated rings. The van der Waals surface area contributed by atoms with Crippen LogP contribution in [-0.2, 0) is 0 Å². The van der Waals surface area contributed by atoms with Gasteiger partial charge in [0.25, 0.3) is 5.56 Å². The van der Waals surface area contributed by atoms with Crippen molar-refractivity contribution in [1.29, 1.82) is 0 Å². The first kappa shape index (κ1) is 19.6. The maximum atomic E-state index is 14.7. The summed E-state index contributed by atoms with van der Waals surface area (Å²) in [5.74, 6) is -0.462. The van der Waals surface area contributed by atoms with Crippen molar-refractivity contribution in [3.05, 3.63) is 51.0 Å². The van der Waals surface area contributed by atoms with Crippen LogP contribution >= 0.6 is 11.3 Å². The zero-order valence-corrected chi connectivity index (χ0v) is 17.6. The molecule has 1 aliphatic heterocycles. The second-order valence-electron chi connectivity index (χ2n) is 7.77. The van der Waals surface area contributed by atoms with E-state index >= 15 is 0 Å². The van der Waals surface area contributed by atoms with Gasteiger partial charge in [-0.3, -0.25) is 9.20 Å². The van der Waals surface area contributed by atoms with Crippen molar-refractivity contribution in [2.45, 2.75) is 32.4 Å². The average molecular weight is 442 g/mol. The Kier molecular flexibility index (Phi) is 4.50. The van der Waals surface area contributed by atoms with Gasteiger partial charge in [-0.2, -0.15) is 5.10 Å². The highest BCUT2D eigenvalue weighted by molar-refractivity contribution is 7.17. The number of hydrogen-bond acceptors (Lipinski definition) is 6. The van der Waals surface area contributed by atoms with Crippen LogP contribution in [0, 0.1) is 13.8 Å². The number of alkyl halides is 1. The van der Waals surface area contributed by atoms with E-state index in [2.05, 4.69) is 15.1 Å². The third-order valence-electron chi connectivity index (χ3n) is 5.55. The lowest BCUT2D eigenvalue weighted by Crippen LogP contribution is -2.43. The zero-order chi connectivity index (χ0) is 21.9. The quantitative estimate of drug-likeness (QED) is 0.512. The second kappa shape index (κ2) is 7.12. The van der Waals surface area contributed by atoms with Crippen molar-refractivity contribution in [2.24, 2.45) is 0 Å². The Labute approximate surface area is 179 Å². The molecule has 5 rings (SSSR count). The van der Waals surface area contributed by atoms with Crippen molar-refractivity contribution >= 4 is 28.0 Å². The maximum Gasteiger partial charge on any atom is 0.407 e. The number of carbonyl (C=O) groups is 1. The lowest BCUT2D eigenvalue weighted by Gasteiger charge is -2.32. The summed E-state index contributed by atoms with van der Waals surface area (Å²) < 4.78 is 17.8. The fraction of sp³-hybridized carbons (Fsp3) is 0.350. The first-order valence-electron chi connectivity index (χ1n) is 9.79. The Morgan fingerprint density at radius 3 is 2.77 bits per heavy atom. The van der Waals surface area contributed by atoms with Crippen molar-refractivity contribution in [2.75, 3.05) is 13.1 Å². The van der Waals surface area contributed by atoms with Crippen LogP contribution in [0.4, 0.5) is 9.18 Å². The molecule has 1 N–H and O–H groups in total. The third-order valence-corrected chi connectivity index (χ3v) is 6.67. The first-order valence-corrected chi connectivity index (χ1v) is 10.6. The number of rotatable bonds is 2. The number of hydrogen-bond donors (Lipinski definition) is 1. The molecule has 9 nitrogen and oxygen atoms in total. The van der Waals surface area contributed by atoms with E-state index in [0.717, 1.165) is 21.8 Å². The summed E-state index contributed by atoms with van der Waals surface area (Å²) in [5.41, 5.74) is 3.22. The van der Waals surface area contributed by atoms with Crippen LogP contribution in [0.15, 0.2) is 29.3 Å². The summed E-state index contributed by atoms with van der Waals surface area (Å²) >= 11 is 1.25. The number of imidazole rings is 1. The van der Waals surface area contributed by atoms with Crippen molar-refractivity contribution < 1.29 is 14.3 Å². The van der Waals surface area contributed by atoms with E-state index in [1.165, 1.54) is 21.8 Å². The standard InChI is InChI=1S/C20H19FN6O3S/c1-10-5-15(24-27-7-11(2)22-18(10)27)14-6-17(28)26-9-16(31-19(26)23-14)12-3-4-25(20(29)30)8-13(12)21/h5-7,9,12-13H,3-4,8H2,1-2H3,(H,29,30)/t12-,13+/m1/s1. The molecule has 2 atom stereocenters. The largest absolute Gasteiger partial charge is 0.465 e. The molecule has 4 aromatic heterocycles. The van der Waals surface area contributed by atoms with Crippen LogP contribution in [0.5, 0.6) is 0 Å². The molecular weight excluding hydrogens is 423 g/mol. The number of aromatic nitrogens is 5. The van der Waals surface area contributed by atoms with Crippen LogP contribution in [0.2, 0.25) is 0 Å². The minimum Gasteiger partial charge on any atom is -0.465 e. The molecule has 31 heavy (non-hydrogen) atoms. The number of nitrogens with zero attached hydrogens (tertiary/aromatic N) is 6. The number of thiazole rings is 1. The van der Waals surface area contributed by atoms with Crippen LogP contribution < -0.4 is 5.56 Å². The number of fused-ring (bicyclic) bond motifs is 2. The number of carboxylic acid groups (broad SMARTS) is 1. The molecule has 0 saturated carbocycles. The summed E-state index contributed by atoms with van der Waals surface area (Å²) in [6.07, 6.45) is 1.34. The lowest BCUT2D eigenvalue weighted by molar-refractivity contribution is 0.0969. The Hall–Kier alpha value is -3.34. The van der Waals surface area contributed by atoms with E-state index in [1.807, 2.05) is 26.1 Å². The van der Waals surface area contributed by atoms with Gasteiger partial charge >= 0.3 is 6.09 Å². The fourth-order valence-electron chi connectivity index (χ4n) is 3.99. The van der Waals surface area contributed by atoms with Crippen molar-refractivity contribution in [3.8, 4) is 11.4 Å². The van der Waals surface area contributed by atoms with Gasteiger partial charge in [0.05, 0.1) is 24.1 Å². The summed E-state index contributed by atoms with van der Waals surface area (Å²) in [6, 6.07) is 3.26. The monoisotopic (exact) mass is 442 g/mol. The van der Waals surface area contributed by atoms with Gasteiger partial charge in [0.1, 0.15) is 11.9 Å². The highest BCUT2D eigenvalue weighted by atomic mass is 32.1. The lowest BCUT2D eigenvalue weighted by atomic mass is 9.94. The molecule has 0 bridgehead atoms. The summed E-state index contributed by atoms with van der Waals surface area (Å²) in [7, 11) is 0. The molecule has 0 radical (unpaired) electrons. The molecule has 0 unspecified atom stereocenters. The van der Waals surface area contributed by atoms with Gasteiger partial charge in [0, 0.05) is 29.6 Å². The van der Waals surface area contributed by atoms with Gasteiger partial charge in [0.15, 0.2) is 10.6 Å². The summed E-state index contributed by atoms with van der Waals surface area (Å²) in [5, 5.41) is 13.6. The molecule has 1 aliphatic rings. The minimum atomic E-state index is -1.33. The fourth-order valence-corrected chi connectivity index (χ4v) is 5.16. The highest BCUT2D eigenvalue weighted by Crippen LogP contribution is 2.34. The van der Waals surface area contributed by atoms with Gasteiger partial charge in [-0.15, -0.1) is 11.3 Å². The van der Waals surface area contributed by atoms with Gasteiger partial charge in [-0.1, -0.05) is 0 Å². The first-order chi connectivity index (χ1) is 14.8. The molecule has 4 aromatic rings.